The highest BCUT2D eigenvalue weighted by atomic mass is 17.3. The van der Waals surface area contributed by atoms with Crippen molar-refractivity contribution in [3.05, 3.63) is 107 Å². The van der Waals surface area contributed by atoms with Gasteiger partial charge in [-0.15, -0.1) is 0 Å². The molecule has 3 aromatic carbocycles. The van der Waals surface area contributed by atoms with Gasteiger partial charge >= 0.3 is 5.97 Å². The van der Waals surface area contributed by atoms with E-state index in [9.17, 15) is 4.79 Å². The van der Waals surface area contributed by atoms with Crippen LogP contribution in [0.15, 0.2) is 84.9 Å². The van der Waals surface area contributed by atoms with E-state index in [1.807, 2.05) is 84.9 Å². The van der Waals surface area contributed by atoms with Crippen LogP contribution in [-0.2, 0) is 30.7 Å². The molecule has 6 rings (SSSR count). The lowest BCUT2D eigenvalue weighted by Gasteiger charge is -2.50. The van der Waals surface area contributed by atoms with Crippen molar-refractivity contribution < 1.29 is 19.3 Å². The Morgan fingerprint density at radius 1 is 0.600 bits per heavy atom. The minimum atomic E-state index is -1.41. The number of rotatable bonds is 2. The molecule has 122 valence electrons. The summed E-state index contributed by atoms with van der Waals surface area (Å²) in [6.45, 7) is 0. The van der Waals surface area contributed by atoms with Crippen LogP contribution in [0, 0.1) is 0 Å². The fourth-order valence-corrected chi connectivity index (χ4v) is 3.62. The van der Waals surface area contributed by atoms with Crippen molar-refractivity contribution in [3.63, 3.8) is 0 Å². The van der Waals surface area contributed by atoms with Crippen LogP contribution in [-0.4, -0.2) is 5.97 Å². The molecule has 2 atom stereocenters. The summed E-state index contributed by atoms with van der Waals surface area (Å²) in [6.07, 6.45) is 0. The lowest BCUT2D eigenvalue weighted by molar-refractivity contribution is -0.485. The van der Waals surface area contributed by atoms with Crippen molar-refractivity contribution >= 4 is 5.97 Å². The smallest absolute Gasteiger partial charge is 0.354 e. The number of ether oxygens (including phenoxy) is 1. The average Bonchev–Trinajstić information content (AvgIpc) is 2.70. The van der Waals surface area contributed by atoms with Crippen molar-refractivity contribution in [2.24, 2.45) is 0 Å². The number of benzene rings is 3. The first-order valence-electron chi connectivity index (χ1n) is 8.09. The van der Waals surface area contributed by atoms with E-state index in [2.05, 4.69) is 0 Å². The summed E-state index contributed by atoms with van der Waals surface area (Å²) in [7, 11) is 0. The van der Waals surface area contributed by atoms with Crippen molar-refractivity contribution in [2.75, 3.05) is 0 Å². The van der Waals surface area contributed by atoms with Crippen molar-refractivity contribution in [1.82, 2.24) is 0 Å². The van der Waals surface area contributed by atoms with Crippen LogP contribution >= 0.6 is 0 Å². The van der Waals surface area contributed by atoms with E-state index in [-0.39, 0.29) is 0 Å². The highest BCUT2D eigenvalue weighted by Gasteiger charge is 2.64. The molecule has 0 aromatic heterocycles. The van der Waals surface area contributed by atoms with Crippen LogP contribution in [0.25, 0.3) is 0 Å². The Morgan fingerprint density at radius 2 is 1.16 bits per heavy atom. The Morgan fingerprint density at radius 3 is 1.80 bits per heavy atom. The molecule has 3 heterocycles. The molecule has 3 aliphatic heterocycles. The molecule has 2 bridgehead atoms. The first kappa shape index (κ1) is 14.4. The predicted molar refractivity (Wildman–Crippen MR) is 89.1 cm³/mol. The van der Waals surface area contributed by atoms with Gasteiger partial charge in [0, 0.05) is 22.3 Å². The molecule has 1 fully saturated rings. The van der Waals surface area contributed by atoms with E-state index in [1.54, 1.807) is 0 Å². The largest absolute Gasteiger partial charge is 0.419 e. The summed E-state index contributed by atoms with van der Waals surface area (Å²) in [6, 6.07) is 26.2. The SMILES string of the molecule is O=C1OC2(c3ccccc3)OOC1(c1ccccc1)c1ccccc12. The van der Waals surface area contributed by atoms with Gasteiger partial charge in [0.1, 0.15) is 0 Å². The molecular weight excluding hydrogens is 316 g/mol. The summed E-state index contributed by atoms with van der Waals surface area (Å²) in [4.78, 5) is 24.6. The Balaban J connectivity index is 1.81. The monoisotopic (exact) mass is 330 g/mol. The lowest BCUT2D eigenvalue weighted by atomic mass is 9.77. The quantitative estimate of drug-likeness (QED) is 0.531. The Labute approximate surface area is 144 Å². The summed E-state index contributed by atoms with van der Waals surface area (Å²) in [5, 5.41) is 0. The first-order valence-corrected chi connectivity index (χ1v) is 8.09. The number of carbonyl (C=O) groups is 1. The standard InChI is InChI=1S/C21H14O4/c22-19-20(15-9-3-1-4-10-15)17-13-7-8-14-18(17)21(23-19,25-24-20)16-11-5-2-6-12-16/h1-14H. The van der Waals surface area contributed by atoms with E-state index in [1.165, 1.54) is 0 Å². The molecule has 4 heteroatoms. The zero-order valence-corrected chi connectivity index (χ0v) is 13.2. The van der Waals surface area contributed by atoms with Gasteiger partial charge in [-0.3, -0.25) is 0 Å². The number of hydrogen-bond acceptors (Lipinski definition) is 4. The van der Waals surface area contributed by atoms with Crippen molar-refractivity contribution in [3.8, 4) is 0 Å². The molecule has 3 aliphatic rings. The molecule has 3 aromatic rings. The molecule has 0 spiro atoms. The maximum absolute atomic E-state index is 13.1. The number of esters is 1. The summed E-state index contributed by atoms with van der Waals surface area (Å²) in [5.41, 5.74) is 1.49. The second-order valence-electron chi connectivity index (χ2n) is 6.13. The van der Waals surface area contributed by atoms with E-state index in [0.29, 0.717) is 11.1 Å². The molecule has 0 amide bonds. The number of hydrogen-bond donors (Lipinski definition) is 0. The third kappa shape index (κ3) is 1.75. The van der Waals surface area contributed by atoms with Crippen molar-refractivity contribution in [2.45, 2.75) is 11.4 Å². The lowest BCUT2D eigenvalue weighted by Crippen LogP contribution is -2.59. The molecule has 0 radical (unpaired) electrons. The maximum Gasteiger partial charge on any atom is 0.354 e. The molecule has 2 unspecified atom stereocenters. The fourth-order valence-electron chi connectivity index (χ4n) is 3.62. The van der Waals surface area contributed by atoms with Crippen LogP contribution in [0.3, 0.4) is 0 Å². The van der Waals surface area contributed by atoms with Crippen LogP contribution in [0.4, 0.5) is 0 Å². The first-order chi connectivity index (χ1) is 12.3. The molecule has 1 saturated heterocycles. The van der Waals surface area contributed by atoms with Gasteiger partial charge < -0.3 is 4.74 Å². The van der Waals surface area contributed by atoms with E-state index in [0.717, 1.165) is 11.1 Å². The van der Waals surface area contributed by atoms with Gasteiger partial charge in [-0.05, 0) is 0 Å². The third-order valence-electron chi connectivity index (χ3n) is 4.80. The van der Waals surface area contributed by atoms with Gasteiger partial charge in [0.15, 0.2) is 0 Å². The van der Waals surface area contributed by atoms with E-state index >= 15 is 0 Å². The van der Waals surface area contributed by atoms with Crippen LogP contribution in [0.1, 0.15) is 22.3 Å². The van der Waals surface area contributed by atoms with E-state index in [4.69, 9.17) is 14.5 Å². The van der Waals surface area contributed by atoms with E-state index < -0.39 is 17.4 Å². The molecule has 0 saturated carbocycles. The van der Waals surface area contributed by atoms with Gasteiger partial charge in [-0.1, -0.05) is 84.9 Å². The summed E-state index contributed by atoms with van der Waals surface area (Å²) in [5.74, 6) is -1.86. The summed E-state index contributed by atoms with van der Waals surface area (Å²) < 4.78 is 5.86. The van der Waals surface area contributed by atoms with Gasteiger partial charge in [0.2, 0.25) is 0 Å². The van der Waals surface area contributed by atoms with Gasteiger partial charge in [-0.25, -0.2) is 9.68 Å². The fraction of sp³-hybridized carbons (Fsp3) is 0.0952. The minimum Gasteiger partial charge on any atom is -0.419 e. The zero-order chi connectivity index (χ0) is 16.9. The van der Waals surface area contributed by atoms with Gasteiger partial charge in [0.25, 0.3) is 11.4 Å². The van der Waals surface area contributed by atoms with Gasteiger partial charge in [0.05, 0.1) is 0 Å². The normalized spacial score (nSPS) is 26.8. The predicted octanol–water partition coefficient (Wildman–Crippen LogP) is 3.65. The molecular formula is C21H14O4. The maximum atomic E-state index is 13.1. The molecule has 0 N–H and O–H groups in total. The minimum absolute atomic E-state index is 0.479. The van der Waals surface area contributed by atoms with Crippen molar-refractivity contribution in [1.29, 1.82) is 0 Å². The Bertz CT molecular complexity index is 954. The highest BCUT2D eigenvalue weighted by Crippen LogP contribution is 2.55. The highest BCUT2D eigenvalue weighted by molar-refractivity contribution is 5.89. The Hall–Kier alpha value is -2.95. The number of carbonyl (C=O) groups excluding carboxylic acids is 1. The number of fused-ring (bicyclic) bond motifs is 2. The molecule has 0 aliphatic carbocycles. The average molecular weight is 330 g/mol. The van der Waals surface area contributed by atoms with Crippen LogP contribution in [0.2, 0.25) is 0 Å². The Kier molecular flexibility index (Phi) is 2.89. The molecule has 4 nitrogen and oxygen atoms in total. The zero-order valence-electron chi connectivity index (χ0n) is 13.2. The topological polar surface area (TPSA) is 44.8 Å². The third-order valence-corrected chi connectivity index (χ3v) is 4.80. The summed E-state index contributed by atoms with van der Waals surface area (Å²) >= 11 is 0. The van der Waals surface area contributed by atoms with Crippen LogP contribution in [0.5, 0.6) is 0 Å². The second-order valence-corrected chi connectivity index (χ2v) is 6.13. The van der Waals surface area contributed by atoms with Crippen LogP contribution < -0.4 is 0 Å². The second kappa shape index (κ2) is 5.02. The van der Waals surface area contributed by atoms with Gasteiger partial charge in [-0.2, -0.15) is 4.89 Å². The molecule has 25 heavy (non-hydrogen) atoms.